The molecule has 0 radical (unpaired) electrons. The fourth-order valence-corrected chi connectivity index (χ4v) is 4.51. The maximum absolute atomic E-state index is 13.3. The van der Waals surface area contributed by atoms with Crippen LogP contribution in [0.5, 0.6) is 5.75 Å². The van der Waals surface area contributed by atoms with Gasteiger partial charge in [-0.15, -0.1) is 17.9 Å². The summed E-state index contributed by atoms with van der Waals surface area (Å²) in [7, 11) is 3.10. The number of carbonyl (C=O) groups is 2. The molecule has 1 aromatic heterocycles. The Bertz CT molecular complexity index is 862. The number of hydrogen-bond acceptors (Lipinski definition) is 5. The van der Waals surface area contributed by atoms with Crippen LogP contribution in [0.3, 0.4) is 0 Å². The van der Waals surface area contributed by atoms with Gasteiger partial charge >= 0.3 is 0 Å². The van der Waals surface area contributed by atoms with Gasteiger partial charge in [-0.1, -0.05) is 18.2 Å². The first kappa shape index (κ1) is 21.1. The number of thiophene rings is 1. The van der Waals surface area contributed by atoms with Gasteiger partial charge in [0.15, 0.2) is 0 Å². The van der Waals surface area contributed by atoms with Gasteiger partial charge < -0.3 is 19.3 Å². The normalized spacial score (nSPS) is 15.5. The summed E-state index contributed by atoms with van der Waals surface area (Å²) in [4.78, 5) is 30.2. The van der Waals surface area contributed by atoms with E-state index in [2.05, 4.69) is 18.0 Å². The van der Waals surface area contributed by atoms with E-state index < -0.39 is 0 Å². The highest BCUT2D eigenvalue weighted by Gasteiger charge is 2.33. The van der Waals surface area contributed by atoms with Crippen LogP contribution in [0, 0.1) is 0 Å². The SMILES string of the molecule is C=CCN(CC(=O)N1CCc2sccc2C1c1ccc(OC)cc1)C(=O)COC. The van der Waals surface area contributed by atoms with Gasteiger partial charge in [0, 0.05) is 25.1 Å². The lowest BCUT2D eigenvalue weighted by molar-refractivity contribution is -0.143. The molecule has 1 unspecified atom stereocenters. The molecule has 0 saturated carbocycles. The maximum atomic E-state index is 13.3. The Hall–Kier alpha value is -2.64. The molecule has 0 saturated heterocycles. The van der Waals surface area contributed by atoms with Crippen LogP contribution in [-0.2, 0) is 20.7 Å². The minimum absolute atomic E-state index is 0.000336. The standard InChI is InChI=1S/C22H26N2O4S/c1-4-11-23(21(26)15-27-2)14-20(25)24-12-9-19-18(10-13-29-19)22(24)16-5-7-17(28-3)8-6-16/h4-8,10,13,22H,1,9,11-12,14-15H2,2-3H3. The number of fused-ring (bicyclic) bond motifs is 1. The average molecular weight is 415 g/mol. The summed E-state index contributed by atoms with van der Waals surface area (Å²) in [5.41, 5.74) is 2.18. The minimum Gasteiger partial charge on any atom is -0.497 e. The van der Waals surface area contributed by atoms with Gasteiger partial charge in [0.1, 0.15) is 18.9 Å². The van der Waals surface area contributed by atoms with Crippen LogP contribution < -0.4 is 4.74 Å². The third-order valence-corrected chi connectivity index (χ3v) is 6.01. The molecule has 0 fully saturated rings. The maximum Gasteiger partial charge on any atom is 0.249 e. The Morgan fingerprint density at radius 1 is 1.28 bits per heavy atom. The van der Waals surface area contributed by atoms with Gasteiger partial charge in [-0.2, -0.15) is 0 Å². The molecule has 1 aromatic carbocycles. The number of amides is 2. The summed E-state index contributed by atoms with van der Waals surface area (Å²) in [6.45, 7) is 4.56. The topological polar surface area (TPSA) is 59.1 Å². The van der Waals surface area contributed by atoms with Gasteiger partial charge in [-0.3, -0.25) is 9.59 Å². The van der Waals surface area contributed by atoms with E-state index in [1.54, 1.807) is 24.5 Å². The highest BCUT2D eigenvalue weighted by molar-refractivity contribution is 7.10. The number of nitrogens with zero attached hydrogens (tertiary/aromatic N) is 2. The van der Waals surface area contributed by atoms with Crippen molar-refractivity contribution in [3.05, 3.63) is 64.4 Å². The molecule has 1 aliphatic heterocycles. The quantitative estimate of drug-likeness (QED) is 0.624. The van der Waals surface area contributed by atoms with E-state index in [0.717, 1.165) is 23.3 Å². The Kier molecular flexibility index (Phi) is 7.06. The zero-order chi connectivity index (χ0) is 20.8. The molecular formula is C22H26N2O4S. The van der Waals surface area contributed by atoms with Crippen LogP contribution in [0.4, 0.5) is 0 Å². The van der Waals surface area contributed by atoms with Gasteiger partial charge in [-0.25, -0.2) is 0 Å². The van der Waals surface area contributed by atoms with Gasteiger partial charge in [0.05, 0.1) is 13.2 Å². The smallest absolute Gasteiger partial charge is 0.249 e. The number of carbonyl (C=O) groups excluding carboxylic acids is 2. The van der Waals surface area contributed by atoms with Crippen LogP contribution in [-0.4, -0.2) is 62.1 Å². The average Bonchev–Trinajstić information content (AvgIpc) is 3.21. The van der Waals surface area contributed by atoms with Crippen molar-refractivity contribution < 1.29 is 19.1 Å². The number of hydrogen-bond donors (Lipinski definition) is 0. The van der Waals surface area contributed by atoms with Gasteiger partial charge in [-0.05, 0) is 41.1 Å². The predicted octanol–water partition coefficient (Wildman–Crippen LogP) is 2.89. The van der Waals surface area contributed by atoms with Crippen LogP contribution in [0.2, 0.25) is 0 Å². The van der Waals surface area contributed by atoms with Crippen molar-refractivity contribution in [2.45, 2.75) is 12.5 Å². The van der Waals surface area contributed by atoms with Crippen molar-refractivity contribution in [1.82, 2.24) is 9.80 Å². The van der Waals surface area contributed by atoms with Crippen molar-refractivity contribution in [2.24, 2.45) is 0 Å². The van der Waals surface area contributed by atoms with E-state index in [-0.39, 0.29) is 31.0 Å². The molecule has 2 aromatic rings. The first-order valence-electron chi connectivity index (χ1n) is 9.46. The van der Waals surface area contributed by atoms with Gasteiger partial charge in [0.2, 0.25) is 11.8 Å². The number of rotatable bonds is 8. The first-order chi connectivity index (χ1) is 14.1. The highest BCUT2D eigenvalue weighted by atomic mass is 32.1. The Morgan fingerprint density at radius 3 is 2.69 bits per heavy atom. The van der Waals surface area contributed by atoms with Gasteiger partial charge in [0.25, 0.3) is 0 Å². The molecule has 0 spiro atoms. The largest absolute Gasteiger partial charge is 0.497 e. The zero-order valence-corrected chi connectivity index (χ0v) is 17.6. The van der Waals surface area contributed by atoms with Crippen LogP contribution in [0.15, 0.2) is 48.4 Å². The first-order valence-corrected chi connectivity index (χ1v) is 10.3. The van der Waals surface area contributed by atoms with Crippen LogP contribution >= 0.6 is 11.3 Å². The fraction of sp³-hybridized carbons (Fsp3) is 0.364. The van der Waals surface area contributed by atoms with E-state index in [4.69, 9.17) is 9.47 Å². The highest BCUT2D eigenvalue weighted by Crippen LogP contribution is 2.38. The van der Waals surface area contributed by atoms with Crippen LogP contribution in [0.1, 0.15) is 22.0 Å². The van der Waals surface area contributed by atoms with Crippen molar-refractivity contribution >= 4 is 23.2 Å². The summed E-state index contributed by atoms with van der Waals surface area (Å²) in [5.74, 6) is 0.458. The van der Waals surface area contributed by atoms with E-state index in [0.29, 0.717) is 13.1 Å². The number of methoxy groups -OCH3 is 2. The second-order valence-corrected chi connectivity index (χ2v) is 7.81. The monoisotopic (exact) mass is 414 g/mol. The molecule has 2 heterocycles. The molecule has 0 bridgehead atoms. The third-order valence-electron chi connectivity index (χ3n) is 5.01. The zero-order valence-electron chi connectivity index (χ0n) is 16.8. The molecule has 154 valence electrons. The Morgan fingerprint density at radius 2 is 2.03 bits per heavy atom. The van der Waals surface area contributed by atoms with Crippen molar-refractivity contribution in [3.63, 3.8) is 0 Å². The molecule has 1 aliphatic rings. The fourth-order valence-electron chi connectivity index (χ4n) is 3.61. The molecule has 2 amide bonds. The van der Waals surface area contributed by atoms with E-state index >= 15 is 0 Å². The lowest BCUT2D eigenvalue weighted by Crippen LogP contribution is -2.47. The van der Waals surface area contributed by atoms with Crippen molar-refractivity contribution in [1.29, 1.82) is 0 Å². The molecule has 6 nitrogen and oxygen atoms in total. The molecule has 29 heavy (non-hydrogen) atoms. The molecule has 1 atom stereocenters. The Balaban J connectivity index is 1.88. The molecule has 3 rings (SSSR count). The van der Waals surface area contributed by atoms with E-state index in [1.807, 2.05) is 29.2 Å². The third kappa shape index (κ3) is 4.68. The summed E-state index contributed by atoms with van der Waals surface area (Å²) >= 11 is 1.72. The van der Waals surface area contributed by atoms with E-state index in [1.165, 1.54) is 16.9 Å². The summed E-state index contributed by atoms with van der Waals surface area (Å²) in [6, 6.07) is 9.72. The molecule has 0 aliphatic carbocycles. The Labute approximate surface area is 175 Å². The lowest BCUT2D eigenvalue weighted by Gasteiger charge is -2.37. The van der Waals surface area contributed by atoms with E-state index in [9.17, 15) is 9.59 Å². The molecule has 0 N–H and O–H groups in total. The van der Waals surface area contributed by atoms with Crippen molar-refractivity contribution in [2.75, 3.05) is 40.5 Å². The number of benzene rings is 1. The minimum atomic E-state index is -0.227. The summed E-state index contributed by atoms with van der Waals surface area (Å²) in [5, 5.41) is 2.07. The second kappa shape index (κ2) is 9.71. The molecular weight excluding hydrogens is 388 g/mol. The summed E-state index contributed by atoms with van der Waals surface area (Å²) in [6.07, 6.45) is 2.44. The number of ether oxygens (including phenoxy) is 2. The summed E-state index contributed by atoms with van der Waals surface area (Å²) < 4.78 is 10.2. The molecule has 7 heteroatoms. The van der Waals surface area contributed by atoms with Crippen molar-refractivity contribution in [3.8, 4) is 5.75 Å². The second-order valence-electron chi connectivity index (χ2n) is 6.81. The predicted molar refractivity (Wildman–Crippen MR) is 113 cm³/mol. The van der Waals surface area contributed by atoms with Crippen LogP contribution in [0.25, 0.3) is 0 Å². The lowest BCUT2D eigenvalue weighted by atomic mass is 9.93.